The van der Waals surface area contributed by atoms with Gasteiger partial charge in [0.15, 0.2) is 0 Å². The van der Waals surface area contributed by atoms with Crippen molar-refractivity contribution in [2.24, 2.45) is 0 Å². The Labute approximate surface area is 106 Å². The first-order chi connectivity index (χ1) is 8.84. The lowest BCUT2D eigenvalue weighted by Gasteiger charge is -2.23. The number of carbonyl (C=O) groups excluding carboxylic acids is 1. The summed E-state index contributed by atoms with van der Waals surface area (Å²) in [4.78, 5) is 15.4. The van der Waals surface area contributed by atoms with E-state index < -0.39 is 0 Å². The van der Waals surface area contributed by atoms with Crippen molar-refractivity contribution >= 4 is 16.8 Å². The zero-order valence-corrected chi connectivity index (χ0v) is 10.2. The number of fused-ring (bicyclic) bond motifs is 1. The van der Waals surface area contributed by atoms with Gasteiger partial charge < -0.3 is 15.6 Å². The van der Waals surface area contributed by atoms with Crippen molar-refractivity contribution < 1.29 is 4.79 Å². The molecule has 1 atom stereocenters. The van der Waals surface area contributed by atoms with Crippen molar-refractivity contribution in [1.29, 1.82) is 0 Å². The van der Waals surface area contributed by atoms with Gasteiger partial charge in [0.1, 0.15) is 0 Å². The molecule has 4 heteroatoms. The summed E-state index contributed by atoms with van der Waals surface area (Å²) in [6, 6.07) is 7.96. The molecule has 1 fully saturated rings. The van der Waals surface area contributed by atoms with Gasteiger partial charge in [-0.25, -0.2) is 0 Å². The molecule has 1 unspecified atom stereocenters. The van der Waals surface area contributed by atoms with Gasteiger partial charge in [0, 0.05) is 35.2 Å². The SMILES string of the molecule is O=C(NC1CCCNC1)c1cccc2[nH]ccc12. The number of hydrogen-bond donors (Lipinski definition) is 3. The minimum absolute atomic E-state index is 0.0221. The highest BCUT2D eigenvalue weighted by molar-refractivity contribution is 6.06. The fourth-order valence-electron chi connectivity index (χ4n) is 2.52. The smallest absolute Gasteiger partial charge is 0.252 e. The van der Waals surface area contributed by atoms with Crippen LogP contribution in [0.3, 0.4) is 0 Å². The largest absolute Gasteiger partial charge is 0.361 e. The summed E-state index contributed by atoms with van der Waals surface area (Å²) in [6.45, 7) is 1.93. The Hall–Kier alpha value is -1.81. The van der Waals surface area contributed by atoms with E-state index in [1.54, 1.807) is 0 Å². The van der Waals surface area contributed by atoms with Crippen LogP contribution < -0.4 is 10.6 Å². The summed E-state index contributed by atoms with van der Waals surface area (Å²) in [5.41, 5.74) is 1.75. The van der Waals surface area contributed by atoms with Crippen molar-refractivity contribution in [2.75, 3.05) is 13.1 Å². The molecule has 3 rings (SSSR count). The molecule has 1 aromatic heterocycles. The average Bonchev–Trinajstić information content (AvgIpc) is 2.87. The summed E-state index contributed by atoms with van der Waals surface area (Å²) >= 11 is 0. The van der Waals surface area contributed by atoms with E-state index in [-0.39, 0.29) is 11.9 Å². The fourth-order valence-corrected chi connectivity index (χ4v) is 2.52. The standard InChI is InChI=1S/C14H17N3O/c18-14(17-10-3-2-7-15-9-10)12-4-1-5-13-11(12)6-8-16-13/h1,4-6,8,10,15-16H,2-3,7,9H2,(H,17,18). The Kier molecular flexibility index (Phi) is 3.02. The molecule has 4 nitrogen and oxygen atoms in total. The second-order valence-electron chi connectivity index (χ2n) is 4.76. The zero-order chi connectivity index (χ0) is 12.4. The first-order valence-corrected chi connectivity index (χ1v) is 6.42. The molecule has 1 amide bonds. The normalized spacial score (nSPS) is 19.9. The molecule has 3 N–H and O–H groups in total. The van der Waals surface area contributed by atoms with Gasteiger partial charge in [-0.2, -0.15) is 0 Å². The molecule has 0 saturated carbocycles. The molecule has 0 spiro atoms. The highest BCUT2D eigenvalue weighted by atomic mass is 16.1. The zero-order valence-electron chi connectivity index (χ0n) is 10.2. The van der Waals surface area contributed by atoms with E-state index in [0.29, 0.717) is 0 Å². The number of H-pyrrole nitrogens is 1. The van der Waals surface area contributed by atoms with Crippen molar-refractivity contribution in [3.05, 3.63) is 36.0 Å². The molecule has 0 radical (unpaired) electrons. The summed E-state index contributed by atoms with van der Waals surface area (Å²) in [5.74, 6) is 0.0221. The van der Waals surface area contributed by atoms with Gasteiger partial charge in [-0.05, 0) is 37.6 Å². The molecule has 2 heterocycles. The highest BCUT2D eigenvalue weighted by Crippen LogP contribution is 2.17. The van der Waals surface area contributed by atoms with Gasteiger partial charge in [0.2, 0.25) is 0 Å². The van der Waals surface area contributed by atoms with Crippen molar-refractivity contribution in [3.63, 3.8) is 0 Å². The number of carbonyl (C=O) groups is 1. The van der Waals surface area contributed by atoms with E-state index in [1.807, 2.05) is 30.5 Å². The number of aromatic amines is 1. The first-order valence-electron chi connectivity index (χ1n) is 6.42. The number of aromatic nitrogens is 1. The number of nitrogens with one attached hydrogen (secondary N) is 3. The maximum Gasteiger partial charge on any atom is 0.252 e. The van der Waals surface area contributed by atoms with Crippen LogP contribution in [-0.2, 0) is 0 Å². The Morgan fingerprint density at radius 1 is 1.33 bits per heavy atom. The Balaban J connectivity index is 1.81. The molecule has 1 aliphatic rings. The topological polar surface area (TPSA) is 56.9 Å². The quantitative estimate of drug-likeness (QED) is 0.751. The summed E-state index contributed by atoms with van der Waals surface area (Å²) in [5, 5.41) is 7.39. The van der Waals surface area contributed by atoms with Gasteiger partial charge in [0.25, 0.3) is 5.91 Å². The van der Waals surface area contributed by atoms with E-state index in [9.17, 15) is 4.79 Å². The molecule has 1 aliphatic heterocycles. The lowest BCUT2D eigenvalue weighted by Crippen LogP contribution is -2.45. The van der Waals surface area contributed by atoms with E-state index >= 15 is 0 Å². The van der Waals surface area contributed by atoms with Crippen LogP contribution in [0.4, 0.5) is 0 Å². The Morgan fingerprint density at radius 3 is 3.11 bits per heavy atom. The van der Waals surface area contributed by atoms with E-state index in [4.69, 9.17) is 0 Å². The van der Waals surface area contributed by atoms with Crippen molar-refractivity contribution in [2.45, 2.75) is 18.9 Å². The maximum absolute atomic E-state index is 12.3. The predicted octanol–water partition coefficient (Wildman–Crippen LogP) is 1.65. The highest BCUT2D eigenvalue weighted by Gasteiger charge is 2.17. The molecule has 1 saturated heterocycles. The molecule has 1 aromatic carbocycles. The third-order valence-electron chi connectivity index (χ3n) is 3.47. The van der Waals surface area contributed by atoms with E-state index in [2.05, 4.69) is 15.6 Å². The fraction of sp³-hybridized carbons (Fsp3) is 0.357. The first kappa shape index (κ1) is 11.3. The summed E-state index contributed by atoms with van der Waals surface area (Å²) in [6.07, 6.45) is 4.05. The number of benzene rings is 1. The second-order valence-corrected chi connectivity index (χ2v) is 4.76. The molecule has 94 valence electrons. The number of hydrogen-bond acceptors (Lipinski definition) is 2. The van der Waals surface area contributed by atoms with Crippen LogP contribution in [-0.4, -0.2) is 30.0 Å². The molecule has 0 aliphatic carbocycles. The van der Waals surface area contributed by atoms with Crippen LogP contribution in [0.15, 0.2) is 30.5 Å². The average molecular weight is 243 g/mol. The maximum atomic E-state index is 12.3. The minimum atomic E-state index is 0.0221. The number of piperidine rings is 1. The Morgan fingerprint density at radius 2 is 2.28 bits per heavy atom. The lowest BCUT2D eigenvalue weighted by atomic mass is 10.1. The van der Waals surface area contributed by atoms with Crippen molar-refractivity contribution in [3.8, 4) is 0 Å². The number of rotatable bonds is 2. The van der Waals surface area contributed by atoms with E-state index in [1.165, 1.54) is 0 Å². The minimum Gasteiger partial charge on any atom is -0.361 e. The van der Waals surface area contributed by atoms with Gasteiger partial charge in [0.05, 0.1) is 0 Å². The monoisotopic (exact) mass is 243 g/mol. The Bertz CT molecular complexity index is 555. The van der Waals surface area contributed by atoms with Crippen LogP contribution in [0, 0.1) is 0 Å². The predicted molar refractivity (Wildman–Crippen MR) is 71.7 cm³/mol. The van der Waals surface area contributed by atoms with Crippen LogP contribution in [0.1, 0.15) is 23.2 Å². The van der Waals surface area contributed by atoms with E-state index in [0.717, 1.165) is 42.4 Å². The lowest BCUT2D eigenvalue weighted by molar-refractivity contribution is 0.0932. The van der Waals surface area contributed by atoms with Crippen LogP contribution >= 0.6 is 0 Å². The molecule has 18 heavy (non-hydrogen) atoms. The summed E-state index contributed by atoms with van der Waals surface area (Å²) in [7, 11) is 0. The second kappa shape index (κ2) is 4.82. The van der Waals surface area contributed by atoms with Gasteiger partial charge >= 0.3 is 0 Å². The van der Waals surface area contributed by atoms with Crippen LogP contribution in [0.5, 0.6) is 0 Å². The third-order valence-corrected chi connectivity index (χ3v) is 3.47. The third kappa shape index (κ3) is 2.11. The van der Waals surface area contributed by atoms with Gasteiger partial charge in [-0.1, -0.05) is 6.07 Å². The van der Waals surface area contributed by atoms with Gasteiger partial charge in [-0.15, -0.1) is 0 Å². The van der Waals surface area contributed by atoms with Crippen LogP contribution in [0.2, 0.25) is 0 Å². The molecule has 0 bridgehead atoms. The van der Waals surface area contributed by atoms with Crippen LogP contribution in [0.25, 0.3) is 10.9 Å². The van der Waals surface area contributed by atoms with Gasteiger partial charge in [-0.3, -0.25) is 4.79 Å². The summed E-state index contributed by atoms with van der Waals surface area (Å²) < 4.78 is 0. The molecule has 2 aromatic rings. The molecular weight excluding hydrogens is 226 g/mol. The molecular formula is C14H17N3O. The van der Waals surface area contributed by atoms with Crippen molar-refractivity contribution in [1.82, 2.24) is 15.6 Å². The number of amides is 1.